The summed E-state index contributed by atoms with van der Waals surface area (Å²) in [5.41, 5.74) is 6.70. The lowest BCUT2D eigenvalue weighted by Crippen LogP contribution is -2.54. The maximum atomic E-state index is 16.5. The molecular formula is C20H16F2N6O. The number of aromatic nitrogens is 4. The highest BCUT2D eigenvalue weighted by Gasteiger charge is 2.49. The number of rotatable bonds is 4. The van der Waals surface area contributed by atoms with Crippen LogP contribution in [0.4, 0.5) is 19.3 Å². The van der Waals surface area contributed by atoms with Crippen molar-refractivity contribution in [2.24, 2.45) is 5.73 Å². The Bertz CT molecular complexity index is 1080. The number of nitrogens with one attached hydrogen (secondary N) is 1. The number of para-hydroxylation sites is 1. The van der Waals surface area contributed by atoms with E-state index < -0.39 is 23.6 Å². The fourth-order valence-electron chi connectivity index (χ4n) is 3.36. The summed E-state index contributed by atoms with van der Waals surface area (Å²) >= 11 is 0. The number of benzene rings is 2. The van der Waals surface area contributed by atoms with Crippen molar-refractivity contribution in [3.63, 3.8) is 0 Å². The molecule has 1 heterocycles. The van der Waals surface area contributed by atoms with Crippen molar-refractivity contribution in [2.75, 3.05) is 4.90 Å². The molecule has 146 valence electrons. The van der Waals surface area contributed by atoms with Gasteiger partial charge in [0.25, 0.3) is 0 Å². The number of hydrogen-bond acceptors (Lipinski definition) is 4. The molecule has 2 atom stereocenters. The molecule has 1 aliphatic carbocycles. The van der Waals surface area contributed by atoms with Crippen LogP contribution in [-0.2, 0) is 0 Å². The second-order valence-corrected chi connectivity index (χ2v) is 6.42. The van der Waals surface area contributed by atoms with Crippen LogP contribution in [0.25, 0.3) is 5.57 Å². The van der Waals surface area contributed by atoms with Crippen molar-refractivity contribution < 1.29 is 13.6 Å². The SMILES string of the molecule is NC(=O)N(c1ccccc1F)C1(F)C=CC(c2ccccc2)=CC1c1nn[nH]n1. The summed E-state index contributed by atoms with van der Waals surface area (Å²) < 4.78 is 30.9. The van der Waals surface area contributed by atoms with E-state index in [1.165, 1.54) is 24.3 Å². The molecular weight excluding hydrogens is 378 g/mol. The predicted molar refractivity (Wildman–Crippen MR) is 103 cm³/mol. The lowest BCUT2D eigenvalue weighted by Gasteiger charge is -2.39. The summed E-state index contributed by atoms with van der Waals surface area (Å²) in [6, 6.07) is 13.4. The van der Waals surface area contributed by atoms with Gasteiger partial charge in [0.1, 0.15) is 5.82 Å². The Morgan fingerprint density at radius 2 is 1.86 bits per heavy atom. The van der Waals surface area contributed by atoms with Gasteiger partial charge in [-0.05, 0) is 29.3 Å². The monoisotopic (exact) mass is 394 g/mol. The Morgan fingerprint density at radius 3 is 2.52 bits per heavy atom. The molecule has 2 unspecified atom stereocenters. The Hall–Kier alpha value is -3.88. The maximum Gasteiger partial charge on any atom is 0.322 e. The highest BCUT2D eigenvalue weighted by atomic mass is 19.1. The van der Waals surface area contributed by atoms with E-state index in [1.54, 1.807) is 6.08 Å². The number of anilines is 1. The largest absolute Gasteiger partial charge is 0.351 e. The first-order valence-electron chi connectivity index (χ1n) is 8.73. The van der Waals surface area contributed by atoms with E-state index in [1.807, 2.05) is 30.3 Å². The van der Waals surface area contributed by atoms with Gasteiger partial charge in [-0.3, -0.25) is 4.90 Å². The minimum Gasteiger partial charge on any atom is -0.351 e. The van der Waals surface area contributed by atoms with Crippen LogP contribution in [-0.4, -0.2) is 32.4 Å². The van der Waals surface area contributed by atoms with Gasteiger partial charge in [0.2, 0.25) is 5.79 Å². The first-order valence-corrected chi connectivity index (χ1v) is 8.73. The van der Waals surface area contributed by atoms with Gasteiger partial charge in [-0.2, -0.15) is 5.21 Å². The summed E-state index contributed by atoms with van der Waals surface area (Å²) in [5.74, 6) is -4.54. The third kappa shape index (κ3) is 3.27. The number of nitrogens with zero attached hydrogens (tertiary/aromatic N) is 4. The Morgan fingerprint density at radius 1 is 1.14 bits per heavy atom. The average Bonchev–Trinajstić information content (AvgIpc) is 3.25. The lowest BCUT2D eigenvalue weighted by molar-refractivity contribution is 0.185. The molecule has 0 spiro atoms. The number of allylic oxidation sites excluding steroid dienone is 2. The van der Waals surface area contributed by atoms with E-state index in [9.17, 15) is 9.18 Å². The molecule has 9 heteroatoms. The molecule has 0 bridgehead atoms. The number of urea groups is 1. The minimum atomic E-state index is -2.56. The highest BCUT2D eigenvalue weighted by Crippen LogP contribution is 2.44. The average molecular weight is 394 g/mol. The van der Waals surface area contributed by atoms with E-state index in [4.69, 9.17) is 5.73 Å². The number of aromatic amines is 1. The molecule has 0 saturated carbocycles. The van der Waals surface area contributed by atoms with Crippen LogP contribution in [0, 0.1) is 5.82 Å². The van der Waals surface area contributed by atoms with Crippen molar-refractivity contribution in [3.8, 4) is 0 Å². The van der Waals surface area contributed by atoms with Crippen LogP contribution in [0.2, 0.25) is 0 Å². The predicted octanol–water partition coefficient (Wildman–Crippen LogP) is 3.33. The van der Waals surface area contributed by atoms with Crippen molar-refractivity contribution in [1.29, 1.82) is 0 Å². The molecule has 2 amide bonds. The third-order valence-corrected chi connectivity index (χ3v) is 4.68. The zero-order chi connectivity index (χ0) is 20.4. The highest BCUT2D eigenvalue weighted by molar-refractivity contribution is 5.93. The van der Waals surface area contributed by atoms with Crippen LogP contribution in [0.15, 0.2) is 72.8 Å². The number of nitrogens with two attached hydrogens (primary N) is 1. The molecule has 2 aromatic carbocycles. The second kappa shape index (κ2) is 7.27. The van der Waals surface area contributed by atoms with Crippen LogP contribution in [0.3, 0.4) is 0 Å². The minimum absolute atomic E-state index is 0.00660. The fraction of sp³-hybridized carbons (Fsp3) is 0.100. The molecule has 0 fully saturated rings. The number of halogens is 2. The van der Waals surface area contributed by atoms with Crippen molar-refractivity contribution in [1.82, 2.24) is 20.6 Å². The zero-order valence-corrected chi connectivity index (χ0v) is 15.0. The molecule has 1 aromatic heterocycles. The van der Waals surface area contributed by atoms with Crippen LogP contribution < -0.4 is 10.6 Å². The van der Waals surface area contributed by atoms with Crippen LogP contribution in [0.5, 0.6) is 0 Å². The molecule has 0 aliphatic heterocycles. The van der Waals surface area contributed by atoms with Gasteiger partial charge in [0.15, 0.2) is 5.82 Å². The number of carbonyl (C=O) groups is 1. The summed E-state index contributed by atoms with van der Waals surface area (Å²) in [7, 11) is 0. The van der Waals surface area contributed by atoms with E-state index in [0.29, 0.717) is 10.5 Å². The number of tetrazole rings is 1. The van der Waals surface area contributed by atoms with Gasteiger partial charge < -0.3 is 5.73 Å². The molecule has 0 radical (unpaired) electrons. The molecule has 1 aliphatic rings. The normalized spacial score (nSPS) is 20.9. The van der Waals surface area contributed by atoms with Gasteiger partial charge >= 0.3 is 6.03 Å². The number of H-pyrrole nitrogens is 1. The second-order valence-electron chi connectivity index (χ2n) is 6.42. The van der Waals surface area contributed by atoms with Crippen molar-refractivity contribution >= 4 is 17.3 Å². The summed E-state index contributed by atoms with van der Waals surface area (Å²) in [6.45, 7) is 0. The molecule has 3 N–H and O–H groups in total. The molecule has 7 nitrogen and oxygen atoms in total. The maximum absolute atomic E-state index is 16.5. The number of amides is 2. The van der Waals surface area contributed by atoms with Crippen LogP contribution in [0.1, 0.15) is 17.3 Å². The van der Waals surface area contributed by atoms with E-state index in [2.05, 4.69) is 20.6 Å². The topological polar surface area (TPSA) is 101 Å². The van der Waals surface area contributed by atoms with E-state index in [-0.39, 0.29) is 11.5 Å². The summed E-state index contributed by atoms with van der Waals surface area (Å²) in [6.07, 6.45) is 4.24. The number of primary amides is 1. The Kier molecular flexibility index (Phi) is 4.63. The quantitative estimate of drug-likeness (QED) is 0.663. The van der Waals surface area contributed by atoms with Crippen LogP contribution >= 0.6 is 0 Å². The standard InChI is InChI=1S/C20H16F2N6O/c21-16-8-4-5-9-17(16)28(19(23)29)20(22)11-10-14(13-6-2-1-3-7-13)12-15(20)18-24-26-27-25-18/h1-12,15H,(H2,23,29)(H,24,25,26,27). The smallest absolute Gasteiger partial charge is 0.322 e. The van der Waals surface area contributed by atoms with Crippen molar-refractivity contribution in [2.45, 2.75) is 11.7 Å². The number of hydrogen-bond donors (Lipinski definition) is 2. The van der Waals surface area contributed by atoms with Gasteiger partial charge in [-0.25, -0.2) is 13.6 Å². The van der Waals surface area contributed by atoms with E-state index in [0.717, 1.165) is 17.7 Å². The number of carbonyl (C=O) groups excluding carboxylic acids is 1. The van der Waals surface area contributed by atoms with Crippen molar-refractivity contribution in [3.05, 3.63) is 90.0 Å². The fourth-order valence-corrected chi connectivity index (χ4v) is 3.36. The van der Waals surface area contributed by atoms with Gasteiger partial charge in [-0.1, -0.05) is 59.8 Å². The molecule has 3 aromatic rings. The molecule has 29 heavy (non-hydrogen) atoms. The van der Waals surface area contributed by atoms with Gasteiger partial charge in [0.05, 0.1) is 11.6 Å². The van der Waals surface area contributed by atoms with E-state index >= 15 is 4.39 Å². The molecule has 0 saturated heterocycles. The van der Waals surface area contributed by atoms with Gasteiger partial charge in [-0.15, -0.1) is 10.2 Å². The summed E-state index contributed by atoms with van der Waals surface area (Å²) in [5, 5.41) is 13.5. The zero-order valence-electron chi connectivity index (χ0n) is 15.0. The third-order valence-electron chi connectivity index (χ3n) is 4.68. The Labute approximate surface area is 164 Å². The first-order chi connectivity index (χ1) is 14.0. The number of alkyl halides is 1. The molecule has 4 rings (SSSR count). The first kappa shape index (κ1) is 18.5. The lowest BCUT2D eigenvalue weighted by atomic mass is 9.85. The van der Waals surface area contributed by atoms with Gasteiger partial charge in [0, 0.05) is 0 Å². The Balaban J connectivity index is 1.87. The summed E-state index contributed by atoms with van der Waals surface area (Å²) in [4.78, 5) is 12.8.